The van der Waals surface area contributed by atoms with Crippen molar-refractivity contribution in [1.82, 2.24) is 10.2 Å². The van der Waals surface area contributed by atoms with E-state index < -0.39 is 0 Å². The Labute approximate surface area is 159 Å². The Morgan fingerprint density at radius 2 is 1.88 bits per heavy atom. The molecule has 0 aromatic heterocycles. The number of anilines is 1. The molecular formula is C20H24ClN3O2. The summed E-state index contributed by atoms with van der Waals surface area (Å²) in [5.74, 6) is 0.820. The first-order chi connectivity index (χ1) is 12.7. The molecule has 0 unspecified atom stereocenters. The highest BCUT2D eigenvalue weighted by atomic mass is 35.5. The number of ether oxygens (including phenoxy) is 1. The lowest BCUT2D eigenvalue weighted by Crippen LogP contribution is -2.52. The molecule has 1 heterocycles. The van der Waals surface area contributed by atoms with Gasteiger partial charge in [0, 0.05) is 36.9 Å². The summed E-state index contributed by atoms with van der Waals surface area (Å²) in [5.41, 5.74) is 2.23. The molecule has 2 amide bonds. The second-order valence-corrected chi connectivity index (χ2v) is 6.62. The molecule has 1 aliphatic rings. The van der Waals surface area contributed by atoms with Crippen LogP contribution in [0.5, 0.6) is 5.75 Å². The Morgan fingerprint density at radius 3 is 2.62 bits per heavy atom. The van der Waals surface area contributed by atoms with E-state index in [0.717, 1.165) is 41.5 Å². The summed E-state index contributed by atoms with van der Waals surface area (Å²) in [4.78, 5) is 16.4. The van der Waals surface area contributed by atoms with Crippen molar-refractivity contribution in [2.24, 2.45) is 0 Å². The number of carbonyl (C=O) groups excluding carboxylic acids is 1. The molecule has 2 aromatic carbocycles. The van der Waals surface area contributed by atoms with Crippen LogP contribution in [0.2, 0.25) is 5.02 Å². The molecular weight excluding hydrogens is 350 g/mol. The maximum absolute atomic E-state index is 12.3. The maximum Gasteiger partial charge on any atom is 0.320 e. The summed E-state index contributed by atoms with van der Waals surface area (Å²) in [5, 5.41) is 3.57. The van der Waals surface area contributed by atoms with Crippen LogP contribution in [0.4, 0.5) is 10.5 Å². The number of carbonyl (C=O) groups is 1. The van der Waals surface area contributed by atoms with Crippen molar-refractivity contribution in [2.45, 2.75) is 13.3 Å². The summed E-state index contributed by atoms with van der Waals surface area (Å²) in [6.07, 6.45) is 0.898. The van der Waals surface area contributed by atoms with Crippen LogP contribution in [-0.2, 0) is 6.42 Å². The molecule has 1 fully saturated rings. The van der Waals surface area contributed by atoms with Crippen molar-refractivity contribution < 1.29 is 9.53 Å². The molecule has 0 aliphatic carbocycles. The Hall–Kier alpha value is -2.40. The lowest BCUT2D eigenvalue weighted by Gasteiger charge is -2.36. The molecule has 5 nitrogen and oxygen atoms in total. The number of amides is 2. The summed E-state index contributed by atoms with van der Waals surface area (Å²) in [6.45, 7) is 5.17. The number of aryl methyl sites for hydroxylation is 1. The number of para-hydroxylation sites is 1. The lowest BCUT2D eigenvalue weighted by molar-refractivity contribution is 0.181. The minimum absolute atomic E-state index is 0.0928. The van der Waals surface area contributed by atoms with Crippen molar-refractivity contribution in [3.05, 3.63) is 59.1 Å². The summed E-state index contributed by atoms with van der Waals surface area (Å²) in [7, 11) is 0. The van der Waals surface area contributed by atoms with E-state index in [4.69, 9.17) is 16.3 Å². The highest BCUT2D eigenvalue weighted by Crippen LogP contribution is 2.21. The highest BCUT2D eigenvalue weighted by Gasteiger charge is 2.21. The number of urea groups is 1. The quantitative estimate of drug-likeness (QED) is 0.811. The Morgan fingerprint density at radius 1 is 1.12 bits per heavy atom. The van der Waals surface area contributed by atoms with Gasteiger partial charge < -0.3 is 19.9 Å². The van der Waals surface area contributed by atoms with E-state index in [0.29, 0.717) is 13.1 Å². The third kappa shape index (κ3) is 4.61. The van der Waals surface area contributed by atoms with Crippen LogP contribution >= 0.6 is 11.6 Å². The first kappa shape index (κ1) is 18.4. The Bertz CT molecular complexity index is 745. The van der Waals surface area contributed by atoms with Crippen LogP contribution in [0.15, 0.2) is 48.5 Å². The number of hydrogen-bond acceptors (Lipinski definition) is 3. The van der Waals surface area contributed by atoms with Gasteiger partial charge in [-0.15, -0.1) is 0 Å². The average molecular weight is 374 g/mol. The van der Waals surface area contributed by atoms with Gasteiger partial charge in [0.05, 0.1) is 0 Å². The number of nitrogens with zero attached hydrogens (tertiary/aromatic N) is 2. The number of halogens is 1. The molecule has 1 saturated heterocycles. The molecule has 3 rings (SSSR count). The van der Waals surface area contributed by atoms with Gasteiger partial charge in [-0.1, -0.05) is 42.8 Å². The monoisotopic (exact) mass is 373 g/mol. The zero-order chi connectivity index (χ0) is 18.4. The first-order valence-electron chi connectivity index (χ1n) is 8.91. The topological polar surface area (TPSA) is 44.8 Å². The number of hydrogen-bond donors (Lipinski definition) is 1. The van der Waals surface area contributed by atoms with E-state index in [1.165, 1.54) is 0 Å². The maximum atomic E-state index is 12.3. The molecule has 138 valence electrons. The fourth-order valence-corrected chi connectivity index (χ4v) is 3.25. The van der Waals surface area contributed by atoms with Crippen molar-refractivity contribution >= 4 is 23.3 Å². The largest absolute Gasteiger partial charge is 0.473 e. The third-order valence-electron chi connectivity index (χ3n) is 4.54. The van der Waals surface area contributed by atoms with Gasteiger partial charge in [0.1, 0.15) is 5.75 Å². The molecule has 0 saturated carbocycles. The van der Waals surface area contributed by atoms with Crippen molar-refractivity contribution in [1.29, 1.82) is 0 Å². The smallest absolute Gasteiger partial charge is 0.320 e. The highest BCUT2D eigenvalue weighted by molar-refractivity contribution is 6.30. The molecule has 2 aromatic rings. The van der Waals surface area contributed by atoms with Gasteiger partial charge in [-0.2, -0.15) is 0 Å². The second kappa shape index (κ2) is 8.81. The molecule has 0 spiro atoms. The van der Waals surface area contributed by atoms with Gasteiger partial charge >= 0.3 is 6.03 Å². The summed E-state index contributed by atoms with van der Waals surface area (Å²) < 4.78 is 5.71. The van der Waals surface area contributed by atoms with E-state index in [9.17, 15) is 4.79 Å². The zero-order valence-electron chi connectivity index (χ0n) is 15.0. The van der Waals surface area contributed by atoms with Gasteiger partial charge in [0.2, 0.25) is 0 Å². The average Bonchev–Trinajstić information content (AvgIpc) is 2.68. The van der Waals surface area contributed by atoms with Gasteiger partial charge in [0.15, 0.2) is 6.73 Å². The number of rotatable bonds is 5. The molecule has 1 aliphatic heterocycles. The van der Waals surface area contributed by atoms with Gasteiger partial charge in [-0.3, -0.25) is 0 Å². The minimum Gasteiger partial charge on any atom is -0.473 e. The van der Waals surface area contributed by atoms with Crippen LogP contribution in [0.1, 0.15) is 12.5 Å². The van der Waals surface area contributed by atoms with Gasteiger partial charge in [-0.05, 0) is 36.2 Å². The standard InChI is InChI=1S/C20H24ClN3O2/c1-2-16-6-3-4-9-19(16)26-15-22-20(25)24-12-10-23(11-13-24)18-8-5-7-17(21)14-18/h3-9,14H,2,10-13,15H2,1H3,(H,22,25). The van der Waals surface area contributed by atoms with E-state index >= 15 is 0 Å². The van der Waals surface area contributed by atoms with Crippen LogP contribution in [0.25, 0.3) is 0 Å². The van der Waals surface area contributed by atoms with Crippen LogP contribution in [0, 0.1) is 0 Å². The third-order valence-corrected chi connectivity index (χ3v) is 4.78. The Balaban J connectivity index is 1.45. The predicted molar refractivity (Wildman–Crippen MR) is 105 cm³/mol. The fourth-order valence-electron chi connectivity index (χ4n) is 3.06. The van der Waals surface area contributed by atoms with Gasteiger partial charge in [0.25, 0.3) is 0 Å². The normalized spacial score (nSPS) is 14.2. The van der Waals surface area contributed by atoms with Crippen LogP contribution < -0.4 is 15.0 Å². The fraction of sp³-hybridized carbons (Fsp3) is 0.350. The first-order valence-corrected chi connectivity index (χ1v) is 9.29. The van der Waals surface area contributed by atoms with Gasteiger partial charge in [-0.25, -0.2) is 4.79 Å². The predicted octanol–water partition coefficient (Wildman–Crippen LogP) is 3.77. The van der Waals surface area contributed by atoms with E-state index in [1.54, 1.807) is 0 Å². The van der Waals surface area contributed by atoms with Crippen molar-refractivity contribution in [3.8, 4) is 5.75 Å². The minimum atomic E-state index is -0.0928. The van der Waals surface area contributed by atoms with Crippen molar-refractivity contribution in [3.63, 3.8) is 0 Å². The summed E-state index contributed by atoms with van der Waals surface area (Å²) in [6, 6.07) is 15.6. The van der Waals surface area contributed by atoms with E-state index in [-0.39, 0.29) is 12.8 Å². The SMILES string of the molecule is CCc1ccccc1OCNC(=O)N1CCN(c2cccc(Cl)c2)CC1. The molecule has 0 atom stereocenters. The lowest BCUT2D eigenvalue weighted by atomic mass is 10.1. The molecule has 26 heavy (non-hydrogen) atoms. The van der Waals surface area contributed by atoms with E-state index in [2.05, 4.69) is 17.1 Å². The number of piperazine rings is 1. The summed E-state index contributed by atoms with van der Waals surface area (Å²) >= 11 is 6.06. The zero-order valence-corrected chi connectivity index (χ0v) is 15.7. The molecule has 6 heteroatoms. The van der Waals surface area contributed by atoms with Crippen LogP contribution in [-0.4, -0.2) is 43.8 Å². The number of benzene rings is 2. The number of nitrogens with one attached hydrogen (secondary N) is 1. The second-order valence-electron chi connectivity index (χ2n) is 6.19. The Kier molecular flexibility index (Phi) is 6.23. The molecule has 0 radical (unpaired) electrons. The molecule has 1 N–H and O–H groups in total. The molecule has 0 bridgehead atoms. The van der Waals surface area contributed by atoms with Crippen molar-refractivity contribution in [2.75, 3.05) is 37.8 Å². The van der Waals surface area contributed by atoms with E-state index in [1.807, 2.05) is 53.4 Å². The van der Waals surface area contributed by atoms with Crippen LogP contribution in [0.3, 0.4) is 0 Å².